The van der Waals surface area contributed by atoms with Gasteiger partial charge in [0.05, 0.1) is 0 Å². The Morgan fingerprint density at radius 1 is 0.962 bits per heavy atom. The van der Waals surface area contributed by atoms with Gasteiger partial charge in [-0.05, 0) is 30.7 Å². The van der Waals surface area contributed by atoms with Crippen LogP contribution in [0.1, 0.15) is 5.56 Å². The quantitative estimate of drug-likeness (QED) is 0.577. The molecule has 4 aromatic rings. The van der Waals surface area contributed by atoms with Gasteiger partial charge in [0.1, 0.15) is 11.3 Å². The lowest BCUT2D eigenvalue weighted by atomic mass is 10.0. The van der Waals surface area contributed by atoms with Gasteiger partial charge in [0.15, 0.2) is 11.6 Å². The van der Waals surface area contributed by atoms with Crippen molar-refractivity contribution in [1.82, 2.24) is 15.0 Å². The van der Waals surface area contributed by atoms with E-state index in [0.717, 1.165) is 16.7 Å². The Hall–Kier alpha value is -3.34. The zero-order chi connectivity index (χ0) is 18.1. The number of nitrogens with zero attached hydrogens (tertiary/aromatic N) is 3. The average Bonchev–Trinajstić information content (AvgIpc) is 2.68. The van der Waals surface area contributed by atoms with Crippen molar-refractivity contribution in [1.29, 1.82) is 0 Å². The molecule has 0 aliphatic carbocycles. The van der Waals surface area contributed by atoms with E-state index in [9.17, 15) is 0 Å². The predicted molar refractivity (Wildman–Crippen MR) is 102 cm³/mol. The maximum atomic E-state index is 15.4. The summed E-state index contributed by atoms with van der Waals surface area (Å²) in [7, 11) is 1.77. The average molecular weight is 344 g/mol. The first-order valence-corrected chi connectivity index (χ1v) is 8.33. The van der Waals surface area contributed by atoms with E-state index in [2.05, 4.69) is 20.3 Å². The number of pyridine rings is 1. The molecule has 0 radical (unpaired) electrons. The fourth-order valence-electron chi connectivity index (χ4n) is 3.01. The van der Waals surface area contributed by atoms with Crippen molar-refractivity contribution < 1.29 is 4.39 Å². The molecule has 0 spiro atoms. The SMILES string of the molecule is CNc1nc(-c2cccnc2)nc2c(F)c(-c3cccc(C)c3)ccc12. The fraction of sp³-hybridized carbons (Fsp3) is 0.0952. The Labute approximate surface area is 150 Å². The number of benzene rings is 2. The molecule has 0 bridgehead atoms. The molecule has 2 aromatic heterocycles. The smallest absolute Gasteiger partial charge is 0.163 e. The van der Waals surface area contributed by atoms with Crippen LogP contribution in [0.25, 0.3) is 33.4 Å². The second-order valence-corrected chi connectivity index (χ2v) is 6.08. The van der Waals surface area contributed by atoms with E-state index in [1.807, 2.05) is 49.4 Å². The van der Waals surface area contributed by atoms with Crippen LogP contribution in [0.4, 0.5) is 10.2 Å². The maximum absolute atomic E-state index is 15.4. The fourth-order valence-corrected chi connectivity index (χ4v) is 3.01. The standard InChI is InChI=1S/C21H17FN4/c1-13-5-3-6-14(11-13)16-8-9-17-19(18(16)22)25-20(26-21(17)23-2)15-7-4-10-24-12-15/h3-12H,1-2H3,(H,23,25,26). The van der Waals surface area contributed by atoms with Gasteiger partial charge in [-0.2, -0.15) is 0 Å². The van der Waals surface area contributed by atoms with Crippen molar-refractivity contribution >= 4 is 16.7 Å². The first kappa shape index (κ1) is 16.1. The molecule has 5 heteroatoms. The first-order chi connectivity index (χ1) is 12.7. The van der Waals surface area contributed by atoms with Crippen molar-refractivity contribution in [2.75, 3.05) is 12.4 Å². The molecule has 2 aromatic carbocycles. The Balaban J connectivity index is 1.98. The van der Waals surface area contributed by atoms with Gasteiger partial charge < -0.3 is 5.32 Å². The lowest BCUT2D eigenvalue weighted by Crippen LogP contribution is -2.01. The van der Waals surface area contributed by atoms with Crippen molar-refractivity contribution in [3.05, 3.63) is 72.3 Å². The molecule has 26 heavy (non-hydrogen) atoms. The lowest BCUT2D eigenvalue weighted by molar-refractivity contribution is 0.640. The number of halogens is 1. The zero-order valence-electron chi connectivity index (χ0n) is 14.5. The Morgan fingerprint density at radius 2 is 1.81 bits per heavy atom. The van der Waals surface area contributed by atoms with Crippen molar-refractivity contribution in [3.63, 3.8) is 0 Å². The topological polar surface area (TPSA) is 50.7 Å². The molecule has 0 saturated heterocycles. The number of fused-ring (bicyclic) bond motifs is 1. The van der Waals surface area contributed by atoms with Crippen molar-refractivity contribution in [3.8, 4) is 22.5 Å². The summed E-state index contributed by atoms with van der Waals surface area (Å²) in [5, 5.41) is 3.68. The van der Waals surface area contributed by atoms with Crippen LogP contribution in [0, 0.1) is 12.7 Å². The molecule has 4 rings (SSSR count). The van der Waals surface area contributed by atoms with Crippen LogP contribution in [0.15, 0.2) is 60.9 Å². The number of anilines is 1. The summed E-state index contributed by atoms with van der Waals surface area (Å²) in [5.41, 5.74) is 3.47. The van der Waals surface area contributed by atoms with Gasteiger partial charge in [-0.3, -0.25) is 4.98 Å². The number of rotatable bonds is 3. The third kappa shape index (κ3) is 2.77. The summed E-state index contributed by atoms with van der Waals surface area (Å²) in [6.07, 6.45) is 3.35. The van der Waals surface area contributed by atoms with E-state index >= 15 is 4.39 Å². The van der Waals surface area contributed by atoms with E-state index in [1.54, 1.807) is 25.5 Å². The zero-order valence-corrected chi connectivity index (χ0v) is 14.5. The number of aryl methyl sites for hydroxylation is 1. The molecule has 0 unspecified atom stereocenters. The second-order valence-electron chi connectivity index (χ2n) is 6.08. The summed E-state index contributed by atoms with van der Waals surface area (Å²) >= 11 is 0. The highest BCUT2D eigenvalue weighted by Gasteiger charge is 2.16. The number of aromatic nitrogens is 3. The summed E-state index contributed by atoms with van der Waals surface area (Å²) in [5.74, 6) is 0.677. The van der Waals surface area contributed by atoms with Gasteiger partial charge in [-0.15, -0.1) is 0 Å². The van der Waals surface area contributed by atoms with E-state index in [0.29, 0.717) is 28.1 Å². The van der Waals surface area contributed by atoms with Crippen molar-refractivity contribution in [2.24, 2.45) is 0 Å². The van der Waals surface area contributed by atoms with E-state index < -0.39 is 0 Å². The molecule has 2 heterocycles. The largest absolute Gasteiger partial charge is 0.373 e. The normalized spacial score (nSPS) is 10.9. The van der Waals surface area contributed by atoms with Crippen molar-refractivity contribution in [2.45, 2.75) is 6.92 Å². The maximum Gasteiger partial charge on any atom is 0.163 e. The van der Waals surface area contributed by atoms with Crippen LogP contribution < -0.4 is 5.32 Å². The van der Waals surface area contributed by atoms with Gasteiger partial charge >= 0.3 is 0 Å². The Morgan fingerprint density at radius 3 is 2.54 bits per heavy atom. The van der Waals surface area contributed by atoms with Crippen LogP contribution in [-0.2, 0) is 0 Å². The predicted octanol–water partition coefficient (Wildman–Crippen LogP) is 4.85. The molecular formula is C21H17FN4. The van der Waals surface area contributed by atoms with Gasteiger partial charge in [0, 0.05) is 36.0 Å². The number of hydrogen-bond donors (Lipinski definition) is 1. The Bertz CT molecular complexity index is 1090. The second kappa shape index (κ2) is 6.52. The lowest BCUT2D eigenvalue weighted by Gasteiger charge is -2.11. The minimum atomic E-state index is -0.350. The van der Waals surface area contributed by atoms with E-state index in [1.165, 1.54) is 0 Å². The van der Waals surface area contributed by atoms with Crippen LogP contribution in [0.3, 0.4) is 0 Å². The molecule has 0 saturated carbocycles. The molecule has 0 aliphatic heterocycles. The number of nitrogens with one attached hydrogen (secondary N) is 1. The first-order valence-electron chi connectivity index (χ1n) is 8.33. The van der Waals surface area contributed by atoms with Crippen LogP contribution in [0.2, 0.25) is 0 Å². The van der Waals surface area contributed by atoms with E-state index in [-0.39, 0.29) is 5.82 Å². The van der Waals surface area contributed by atoms with Gasteiger partial charge in [0.25, 0.3) is 0 Å². The molecule has 0 fully saturated rings. The molecule has 4 nitrogen and oxygen atoms in total. The van der Waals surface area contributed by atoms with E-state index in [4.69, 9.17) is 0 Å². The van der Waals surface area contributed by atoms with Gasteiger partial charge in [-0.25, -0.2) is 14.4 Å². The molecular weight excluding hydrogens is 327 g/mol. The molecule has 128 valence electrons. The highest BCUT2D eigenvalue weighted by molar-refractivity contribution is 5.94. The summed E-state index contributed by atoms with van der Waals surface area (Å²) in [6.45, 7) is 1.99. The minimum absolute atomic E-state index is 0.294. The summed E-state index contributed by atoms with van der Waals surface area (Å²) in [4.78, 5) is 13.1. The molecule has 0 aliphatic rings. The summed E-state index contributed by atoms with van der Waals surface area (Å²) < 4.78 is 15.4. The molecule has 0 atom stereocenters. The van der Waals surface area contributed by atoms with Gasteiger partial charge in [0.2, 0.25) is 0 Å². The van der Waals surface area contributed by atoms with Crippen LogP contribution in [-0.4, -0.2) is 22.0 Å². The Kier molecular flexibility index (Phi) is 4.05. The highest BCUT2D eigenvalue weighted by Crippen LogP contribution is 2.32. The van der Waals surface area contributed by atoms with Crippen LogP contribution in [0.5, 0.6) is 0 Å². The van der Waals surface area contributed by atoms with Gasteiger partial charge in [-0.1, -0.05) is 35.9 Å². The third-order valence-corrected chi connectivity index (χ3v) is 4.29. The number of hydrogen-bond acceptors (Lipinski definition) is 4. The third-order valence-electron chi connectivity index (χ3n) is 4.29. The molecule has 0 amide bonds. The highest BCUT2D eigenvalue weighted by atomic mass is 19.1. The minimum Gasteiger partial charge on any atom is -0.373 e. The van der Waals surface area contributed by atoms with Crippen LogP contribution >= 0.6 is 0 Å². The monoisotopic (exact) mass is 344 g/mol. The summed E-state index contributed by atoms with van der Waals surface area (Å²) in [6, 6.07) is 15.1. The molecule has 1 N–H and O–H groups in total.